The molecule has 1 aromatic carbocycles. The van der Waals surface area contributed by atoms with Gasteiger partial charge in [-0.15, -0.1) is 0 Å². The third kappa shape index (κ3) is 2.83. The number of esters is 1. The Bertz CT molecular complexity index is 496. The summed E-state index contributed by atoms with van der Waals surface area (Å²) in [6.07, 6.45) is 2.47. The third-order valence-corrected chi connectivity index (χ3v) is 3.35. The van der Waals surface area contributed by atoms with Crippen LogP contribution in [0.1, 0.15) is 25.7 Å². The zero-order chi connectivity index (χ0) is 13.9. The fourth-order valence-electron chi connectivity index (χ4n) is 2.15. The molecular formula is C13H15NO5. The summed E-state index contributed by atoms with van der Waals surface area (Å²) in [6, 6.07) is 6.20. The van der Waals surface area contributed by atoms with Crippen LogP contribution in [0.2, 0.25) is 0 Å². The lowest BCUT2D eigenvalue weighted by Crippen LogP contribution is -2.45. The first-order chi connectivity index (χ1) is 9.06. The molecule has 0 radical (unpaired) electrons. The van der Waals surface area contributed by atoms with E-state index in [1.54, 1.807) is 18.2 Å². The summed E-state index contributed by atoms with van der Waals surface area (Å²) in [5.74, 6) is -0.158. The van der Waals surface area contributed by atoms with Crippen molar-refractivity contribution in [3.05, 3.63) is 34.4 Å². The summed E-state index contributed by atoms with van der Waals surface area (Å²) in [7, 11) is 1.32. The molecule has 0 N–H and O–H groups in total. The summed E-state index contributed by atoms with van der Waals surface area (Å²) in [5.41, 5.74) is -0.738. The molecule has 1 aliphatic carbocycles. The van der Waals surface area contributed by atoms with Crippen LogP contribution in [0.5, 0.6) is 5.75 Å². The van der Waals surface area contributed by atoms with E-state index >= 15 is 0 Å². The molecule has 1 aromatic rings. The Morgan fingerprint density at radius 3 is 2.63 bits per heavy atom. The number of carbonyl (C=O) groups is 1. The van der Waals surface area contributed by atoms with Crippen molar-refractivity contribution in [3.8, 4) is 5.75 Å². The van der Waals surface area contributed by atoms with Gasteiger partial charge in [-0.3, -0.25) is 14.9 Å². The SMILES string of the molecule is COC(=O)CC1(Oc2ccccc2[N+](=O)[O-])CCC1. The number of hydrogen-bond donors (Lipinski definition) is 0. The van der Waals surface area contributed by atoms with Crippen LogP contribution in [0.25, 0.3) is 0 Å². The maximum absolute atomic E-state index is 11.4. The topological polar surface area (TPSA) is 78.7 Å². The van der Waals surface area contributed by atoms with Gasteiger partial charge in [0.15, 0.2) is 5.75 Å². The highest BCUT2D eigenvalue weighted by Crippen LogP contribution is 2.41. The molecule has 0 atom stereocenters. The van der Waals surface area contributed by atoms with Crippen LogP contribution in [0.3, 0.4) is 0 Å². The minimum absolute atomic E-state index is 0.0846. The van der Waals surface area contributed by atoms with Crippen LogP contribution in [0.15, 0.2) is 24.3 Å². The zero-order valence-corrected chi connectivity index (χ0v) is 10.6. The number of carbonyl (C=O) groups excluding carboxylic acids is 1. The van der Waals surface area contributed by atoms with Crippen molar-refractivity contribution < 1.29 is 19.2 Å². The van der Waals surface area contributed by atoms with Crippen LogP contribution >= 0.6 is 0 Å². The third-order valence-electron chi connectivity index (χ3n) is 3.35. The number of benzene rings is 1. The standard InChI is InChI=1S/C13H15NO5/c1-18-12(15)9-13(7-4-8-13)19-11-6-3-2-5-10(11)14(16)17/h2-3,5-6H,4,7-9H2,1H3. The number of hydrogen-bond acceptors (Lipinski definition) is 5. The molecule has 6 nitrogen and oxygen atoms in total. The van der Waals surface area contributed by atoms with Crippen LogP contribution in [-0.4, -0.2) is 23.6 Å². The summed E-state index contributed by atoms with van der Waals surface area (Å²) >= 11 is 0. The maximum atomic E-state index is 11.4. The Kier molecular flexibility index (Phi) is 3.69. The largest absolute Gasteiger partial charge is 0.480 e. The van der Waals surface area contributed by atoms with E-state index in [4.69, 9.17) is 4.74 Å². The van der Waals surface area contributed by atoms with Gasteiger partial charge < -0.3 is 9.47 Å². The van der Waals surface area contributed by atoms with E-state index in [0.717, 1.165) is 6.42 Å². The molecule has 0 saturated heterocycles. The summed E-state index contributed by atoms with van der Waals surface area (Å²) in [4.78, 5) is 21.8. The first-order valence-corrected chi connectivity index (χ1v) is 6.06. The first kappa shape index (κ1) is 13.3. The van der Waals surface area contributed by atoms with E-state index in [1.807, 2.05) is 0 Å². The van der Waals surface area contributed by atoms with E-state index in [-0.39, 0.29) is 23.8 Å². The number of nitrogens with zero attached hydrogens (tertiary/aromatic N) is 1. The lowest BCUT2D eigenvalue weighted by atomic mass is 9.77. The fraction of sp³-hybridized carbons (Fsp3) is 0.462. The Balaban J connectivity index is 2.19. The second-order valence-electron chi connectivity index (χ2n) is 4.62. The van der Waals surface area contributed by atoms with Gasteiger partial charge in [-0.05, 0) is 25.3 Å². The average molecular weight is 265 g/mol. The number of ether oxygens (including phenoxy) is 2. The summed E-state index contributed by atoms with van der Waals surface area (Å²) in [6.45, 7) is 0. The molecular weight excluding hydrogens is 250 g/mol. The van der Waals surface area contributed by atoms with Gasteiger partial charge in [0, 0.05) is 6.07 Å². The fourth-order valence-corrected chi connectivity index (χ4v) is 2.15. The monoisotopic (exact) mass is 265 g/mol. The molecule has 1 aliphatic rings. The van der Waals surface area contributed by atoms with Crippen LogP contribution in [-0.2, 0) is 9.53 Å². The van der Waals surface area contributed by atoms with Crippen molar-refractivity contribution in [2.75, 3.05) is 7.11 Å². The normalized spacial score (nSPS) is 16.3. The van der Waals surface area contributed by atoms with Crippen molar-refractivity contribution in [1.82, 2.24) is 0 Å². The predicted octanol–water partition coefficient (Wildman–Crippen LogP) is 2.46. The molecule has 19 heavy (non-hydrogen) atoms. The Morgan fingerprint density at radius 2 is 2.11 bits per heavy atom. The molecule has 0 heterocycles. The highest BCUT2D eigenvalue weighted by molar-refractivity contribution is 5.71. The number of nitro groups is 1. The van der Waals surface area contributed by atoms with Gasteiger partial charge in [-0.25, -0.2) is 0 Å². The lowest BCUT2D eigenvalue weighted by Gasteiger charge is -2.40. The molecule has 6 heteroatoms. The maximum Gasteiger partial charge on any atom is 0.310 e. The average Bonchev–Trinajstić information content (AvgIpc) is 2.36. The van der Waals surface area contributed by atoms with Gasteiger partial charge in [-0.2, -0.15) is 0 Å². The van der Waals surface area contributed by atoms with E-state index < -0.39 is 10.5 Å². The first-order valence-electron chi connectivity index (χ1n) is 6.06. The van der Waals surface area contributed by atoms with Gasteiger partial charge in [0.25, 0.3) is 0 Å². The van der Waals surface area contributed by atoms with Gasteiger partial charge in [0.2, 0.25) is 0 Å². The molecule has 0 aliphatic heterocycles. The number of methoxy groups -OCH3 is 1. The Hall–Kier alpha value is -2.11. The molecule has 0 aromatic heterocycles. The van der Waals surface area contributed by atoms with Gasteiger partial charge in [0.1, 0.15) is 5.60 Å². The highest BCUT2D eigenvalue weighted by atomic mass is 16.6. The number of nitro benzene ring substituents is 1. The molecule has 1 fully saturated rings. The van der Waals surface area contributed by atoms with Crippen LogP contribution < -0.4 is 4.74 Å². The molecule has 0 bridgehead atoms. The minimum atomic E-state index is -0.654. The molecule has 1 saturated carbocycles. The molecule has 102 valence electrons. The van der Waals surface area contributed by atoms with Gasteiger partial charge in [0.05, 0.1) is 18.5 Å². The van der Waals surface area contributed by atoms with Crippen molar-refractivity contribution in [1.29, 1.82) is 0 Å². The van der Waals surface area contributed by atoms with Crippen LogP contribution in [0, 0.1) is 10.1 Å². The quantitative estimate of drug-likeness (QED) is 0.464. The Morgan fingerprint density at radius 1 is 1.42 bits per heavy atom. The minimum Gasteiger partial charge on any atom is -0.480 e. The Labute approximate surface area is 110 Å². The molecule has 0 spiro atoms. The van der Waals surface area contributed by atoms with Gasteiger partial charge in [-0.1, -0.05) is 12.1 Å². The number of para-hydroxylation sites is 2. The lowest BCUT2D eigenvalue weighted by molar-refractivity contribution is -0.386. The highest BCUT2D eigenvalue weighted by Gasteiger charge is 2.43. The van der Waals surface area contributed by atoms with Gasteiger partial charge >= 0.3 is 11.7 Å². The molecule has 0 unspecified atom stereocenters. The van der Waals surface area contributed by atoms with Crippen LogP contribution in [0.4, 0.5) is 5.69 Å². The second-order valence-corrected chi connectivity index (χ2v) is 4.62. The van der Waals surface area contributed by atoms with E-state index in [1.165, 1.54) is 13.2 Å². The van der Waals surface area contributed by atoms with Crippen molar-refractivity contribution >= 4 is 11.7 Å². The number of rotatable bonds is 5. The summed E-state index contributed by atoms with van der Waals surface area (Å²) in [5, 5.41) is 10.9. The predicted molar refractivity (Wildman–Crippen MR) is 66.9 cm³/mol. The second kappa shape index (κ2) is 5.26. The van der Waals surface area contributed by atoms with Crippen molar-refractivity contribution in [3.63, 3.8) is 0 Å². The van der Waals surface area contributed by atoms with Crippen molar-refractivity contribution in [2.24, 2.45) is 0 Å². The van der Waals surface area contributed by atoms with E-state index in [2.05, 4.69) is 4.74 Å². The summed E-state index contributed by atoms with van der Waals surface area (Å²) < 4.78 is 10.4. The van der Waals surface area contributed by atoms with E-state index in [9.17, 15) is 14.9 Å². The zero-order valence-electron chi connectivity index (χ0n) is 10.6. The molecule has 2 rings (SSSR count). The van der Waals surface area contributed by atoms with Crippen molar-refractivity contribution in [2.45, 2.75) is 31.3 Å². The smallest absolute Gasteiger partial charge is 0.310 e. The molecule has 0 amide bonds. The van der Waals surface area contributed by atoms with E-state index in [0.29, 0.717) is 12.8 Å².